The molecule has 0 bridgehead atoms. The Labute approximate surface area is 81.1 Å². The number of nitrogens with one attached hydrogen (secondary N) is 2. The Balaban J connectivity index is 1.66. The fourth-order valence-electron chi connectivity index (χ4n) is 1.08. The predicted molar refractivity (Wildman–Crippen MR) is 52.0 cm³/mol. The molecule has 1 aliphatic carbocycles. The lowest BCUT2D eigenvalue weighted by Gasteiger charge is -2.04. The van der Waals surface area contributed by atoms with E-state index < -0.39 is 0 Å². The van der Waals surface area contributed by atoms with Crippen molar-refractivity contribution in [2.45, 2.75) is 19.4 Å². The summed E-state index contributed by atoms with van der Waals surface area (Å²) in [5.74, 6) is 0.410. The van der Waals surface area contributed by atoms with Gasteiger partial charge in [-0.1, -0.05) is 6.07 Å². The van der Waals surface area contributed by atoms with Crippen molar-refractivity contribution in [3.63, 3.8) is 0 Å². The highest BCUT2D eigenvalue weighted by atomic mass is 32.1. The van der Waals surface area contributed by atoms with Crippen LogP contribution in [0.1, 0.15) is 17.7 Å². The van der Waals surface area contributed by atoms with Crippen LogP contribution in [-0.2, 0) is 11.3 Å². The maximum absolute atomic E-state index is 11.2. The van der Waals surface area contributed by atoms with Crippen LogP contribution in [0.15, 0.2) is 17.5 Å². The number of hydrazine groups is 1. The van der Waals surface area contributed by atoms with E-state index in [-0.39, 0.29) is 11.8 Å². The molecule has 1 fully saturated rings. The molecular formula is C9H12N2OS. The Kier molecular flexibility index (Phi) is 2.61. The van der Waals surface area contributed by atoms with Gasteiger partial charge in [0, 0.05) is 17.3 Å². The van der Waals surface area contributed by atoms with E-state index in [1.54, 1.807) is 11.3 Å². The lowest BCUT2D eigenvalue weighted by atomic mass is 10.4. The van der Waals surface area contributed by atoms with Crippen LogP contribution in [0.5, 0.6) is 0 Å². The van der Waals surface area contributed by atoms with Crippen molar-refractivity contribution in [1.29, 1.82) is 0 Å². The Hall–Kier alpha value is -0.870. The number of thiophene rings is 1. The average molecular weight is 196 g/mol. The molecule has 0 aromatic carbocycles. The van der Waals surface area contributed by atoms with Gasteiger partial charge in [0.25, 0.3) is 0 Å². The van der Waals surface area contributed by atoms with Crippen LogP contribution in [-0.4, -0.2) is 5.91 Å². The third kappa shape index (κ3) is 2.54. The van der Waals surface area contributed by atoms with Gasteiger partial charge >= 0.3 is 0 Å². The summed E-state index contributed by atoms with van der Waals surface area (Å²) < 4.78 is 0. The normalized spacial score (nSPS) is 15.7. The third-order valence-electron chi connectivity index (χ3n) is 2.00. The zero-order chi connectivity index (χ0) is 9.10. The minimum atomic E-state index is 0.136. The van der Waals surface area contributed by atoms with Crippen LogP contribution in [0, 0.1) is 5.92 Å². The first-order valence-corrected chi connectivity index (χ1v) is 5.29. The number of rotatable bonds is 4. The highest BCUT2D eigenvalue weighted by Crippen LogP contribution is 2.28. The summed E-state index contributed by atoms with van der Waals surface area (Å²) in [6.45, 7) is 0.718. The third-order valence-corrected chi connectivity index (χ3v) is 2.88. The molecule has 0 unspecified atom stereocenters. The summed E-state index contributed by atoms with van der Waals surface area (Å²) in [6.07, 6.45) is 2.10. The SMILES string of the molecule is O=C(NNCc1cccs1)C1CC1. The van der Waals surface area contributed by atoms with Crippen molar-refractivity contribution in [3.05, 3.63) is 22.4 Å². The molecule has 0 radical (unpaired) electrons. The molecule has 1 aliphatic rings. The van der Waals surface area contributed by atoms with Gasteiger partial charge in [-0.2, -0.15) is 0 Å². The largest absolute Gasteiger partial charge is 0.291 e. The molecule has 1 aromatic rings. The van der Waals surface area contributed by atoms with Crippen molar-refractivity contribution < 1.29 is 4.79 Å². The van der Waals surface area contributed by atoms with Crippen molar-refractivity contribution in [1.82, 2.24) is 10.9 Å². The number of amides is 1. The number of hydrogen-bond donors (Lipinski definition) is 2. The Morgan fingerprint density at radius 2 is 2.46 bits per heavy atom. The summed E-state index contributed by atoms with van der Waals surface area (Å²) in [6, 6.07) is 4.05. The topological polar surface area (TPSA) is 41.1 Å². The summed E-state index contributed by atoms with van der Waals surface area (Å²) in [5, 5.41) is 2.03. The molecule has 70 valence electrons. The van der Waals surface area contributed by atoms with E-state index in [0.29, 0.717) is 0 Å². The summed E-state index contributed by atoms with van der Waals surface area (Å²) in [4.78, 5) is 12.4. The smallest absolute Gasteiger partial charge is 0.237 e. The highest BCUT2D eigenvalue weighted by molar-refractivity contribution is 7.09. The molecule has 0 atom stereocenters. The van der Waals surface area contributed by atoms with E-state index in [1.165, 1.54) is 4.88 Å². The summed E-state index contributed by atoms with van der Waals surface area (Å²) in [7, 11) is 0. The van der Waals surface area contributed by atoms with E-state index in [1.807, 2.05) is 17.5 Å². The van der Waals surface area contributed by atoms with Crippen LogP contribution in [0.25, 0.3) is 0 Å². The second-order valence-electron chi connectivity index (χ2n) is 3.20. The zero-order valence-electron chi connectivity index (χ0n) is 7.25. The van der Waals surface area contributed by atoms with Gasteiger partial charge in [-0.05, 0) is 24.3 Å². The Bertz CT molecular complexity index is 280. The van der Waals surface area contributed by atoms with Gasteiger partial charge in [0.05, 0.1) is 0 Å². The fourth-order valence-corrected chi connectivity index (χ4v) is 1.72. The molecule has 0 spiro atoms. The van der Waals surface area contributed by atoms with Crippen LogP contribution in [0.4, 0.5) is 0 Å². The average Bonchev–Trinajstić information content (AvgIpc) is 2.86. The van der Waals surface area contributed by atoms with Gasteiger partial charge < -0.3 is 0 Å². The van der Waals surface area contributed by atoms with E-state index in [0.717, 1.165) is 19.4 Å². The molecule has 1 saturated carbocycles. The monoisotopic (exact) mass is 196 g/mol. The van der Waals surface area contributed by atoms with E-state index in [4.69, 9.17) is 0 Å². The minimum Gasteiger partial charge on any atom is -0.291 e. The number of hydrogen-bond acceptors (Lipinski definition) is 3. The highest BCUT2D eigenvalue weighted by Gasteiger charge is 2.29. The first-order chi connectivity index (χ1) is 6.36. The fraction of sp³-hybridized carbons (Fsp3) is 0.444. The van der Waals surface area contributed by atoms with Crippen LogP contribution >= 0.6 is 11.3 Å². The molecular weight excluding hydrogens is 184 g/mol. The van der Waals surface area contributed by atoms with Crippen molar-refractivity contribution in [2.75, 3.05) is 0 Å². The van der Waals surface area contributed by atoms with Gasteiger partial charge in [-0.25, -0.2) is 5.43 Å². The second kappa shape index (κ2) is 3.89. The van der Waals surface area contributed by atoms with Crippen LogP contribution in [0.3, 0.4) is 0 Å². The minimum absolute atomic E-state index is 0.136. The molecule has 0 aliphatic heterocycles. The molecule has 2 rings (SSSR count). The molecule has 1 aromatic heterocycles. The Morgan fingerprint density at radius 1 is 1.62 bits per heavy atom. The molecule has 4 heteroatoms. The van der Waals surface area contributed by atoms with Crippen LogP contribution < -0.4 is 10.9 Å². The van der Waals surface area contributed by atoms with E-state index in [2.05, 4.69) is 10.9 Å². The van der Waals surface area contributed by atoms with Crippen LogP contribution in [0.2, 0.25) is 0 Å². The predicted octanol–water partition coefficient (Wildman–Crippen LogP) is 1.28. The van der Waals surface area contributed by atoms with Gasteiger partial charge in [-0.3, -0.25) is 10.2 Å². The maximum atomic E-state index is 11.2. The van der Waals surface area contributed by atoms with Gasteiger partial charge in [0.2, 0.25) is 5.91 Å². The lowest BCUT2D eigenvalue weighted by Crippen LogP contribution is -2.37. The molecule has 2 N–H and O–H groups in total. The molecule has 0 saturated heterocycles. The van der Waals surface area contributed by atoms with Gasteiger partial charge in [0.1, 0.15) is 0 Å². The van der Waals surface area contributed by atoms with Gasteiger partial charge in [-0.15, -0.1) is 11.3 Å². The zero-order valence-corrected chi connectivity index (χ0v) is 8.06. The van der Waals surface area contributed by atoms with Crippen molar-refractivity contribution in [2.24, 2.45) is 5.92 Å². The number of carbonyl (C=O) groups excluding carboxylic acids is 1. The molecule has 3 nitrogen and oxygen atoms in total. The maximum Gasteiger partial charge on any atom is 0.237 e. The van der Waals surface area contributed by atoms with Crippen molar-refractivity contribution >= 4 is 17.2 Å². The second-order valence-corrected chi connectivity index (χ2v) is 4.23. The molecule has 1 amide bonds. The Morgan fingerprint density at radius 3 is 3.08 bits per heavy atom. The van der Waals surface area contributed by atoms with Gasteiger partial charge in [0.15, 0.2) is 0 Å². The lowest BCUT2D eigenvalue weighted by molar-refractivity contribution is -0.123. The molecule has 1 heterocycles. The molecule has 13 heavy (non-hydrogen) atoms. The number of carbonyl (C=O) groups is 1. The first kappa shape index (κ1) is 8.72. The quantitative estimate of drug-likeness (QED) is 0.712. The van der Waals surface area contributed by atoms with E-state index in [9.17, 15) is 4.79 Å². The standard InChI is InChI=1S/C9H12N2OS/c12-9(7-3-4-7)11-10-6-8-2-1-5-13-8/h1-2,5,7,10H,3-4,6H2,(H,11,12). The summed E-state index contributed by atoms with van der Waals surface area (Å²) >= 11 is 1.68. The van der Waals surface area contributed by atoms with E-state index >= 15 is 0 Å². The van der Waals surface area contributed by atoms with Crippen molar-refractivity contribution in [3.8, 4) is 0 Å². The first-order valence-electron chi connectivity index (χ1n) is 4.41. The summed E-state index contributed by atoms with van der Waals surface area (Å²) in [5.41, 5.74) is 5.62.